The number of pyridine rings is 1. The molecule has 1 amide bonds. The second kappa shape index (κ2) is 11.2. The van der Waals surface area contributed by atoms with Crippen molar-refractivity contribution >= 4 is 22.4 Å². The molecule has 2 aromatic rings. The minimum Gasteiger partial charge on any atom is -0.494 e. The normalized spacial score (nSPS) is 17.8. The van der Waals surface area contributed by atoms with E-state index in [9.17, 15) is 4.79 Å². The number of carbonyl (C=O) groups is 1. The van der Waals surface area contributed by atoms with Gasteiger partial charge in [0.05, 0.1) is 19.0 Å². The maximum Gasteiger partial charge on any atom is 0.219 e. The summed E-state index contributed by atoms with van der Waals surface area (Å²) in [6.07, 6.45) is 6.97. The predicted molar refractivity (Wildman–Crippen MR) is 130 cm³/mol. The number of hydrogen-bond acceptors (Lipinski definition) is 5. The Bertz CT molecular complexity index is 1010. The van der Waals surface area contributed by atoms with Gasteiger partial charge in [0.15, 0.2) is 0 Å². The van der Waals surface area contributed by atoms with Crippen molar-refractivity contribution in [1.29, 1.82) is 0 Å². The molecule has 3 heterocycles. The molecule has 0 bridgehead atoms. The molecule has 172 valence electrons. The molecular weight excluding hydrogens is 402 g/mol. The lowest BCUT2D eigenvalue weighted by molar-refractivity contribution is -0.128. The number of benzene rings is 1. The van der Waals surface area contributed by atoms with Gasteiger partial charge in [-0.15, -0.1) is 0 Å². The summed E-state index contributed by atoms with van der Waals surface area (Å²) in [5.41, 5.74) is 4.35. The summed E-state index contributed by atoms with van der Waals surface area (Å²) in [4.78, 5) is 22.6. The van der Waals surface area contributed by atoms with E-state index in [1.807, 2.05) is 23.2 Å². The van der Waals surface area contributed by atoms with Crippen LogP contribution >= 0.6 is 0 Å². The van der Waals surface area contributed by atoms with Crippen LogP contribution in [0.3, 0.4) is 0 Å². The van der Waals surface area contributed by atoms with Crippen molar-refractivity contribution in [3.05, 3.63) is 47.3 Å². The lowest BCUT2D eigenvalue weighted by Gasteiger charge is -2.30. The summed E-state index contributed by atoms with van der Waals surface area (Å²) in [6.45, 7) is 9.37. The van der Waals surface area contributed by atoms with Crippen molar-refractivity contribution in [2.24, 2.45) is 10.9 Å². The highest BCUT2D eigenvalue weighted by Crippen LogP contribution is 2.30. The minimum atomic E-state index is 0.0988. The fourth-order valence-corrected chi connectivity index (χ4v) is 4.17. The Hall–Kier alpha value is -2.73. The number of nitrogens with zero attached hydrogens (tertiary/aromatic N) is 3. The SMILES string of the molecule is CC1CCOCC1.CN=C(C1=C(C)CCN(C(C)=O)C1)c1cccc2c(OC)cncc12. The molecular formula is C26H35N3O3. The molecule has 1 aromatic carbocycles. The third-order valence-corrected chi connectivity index (χ3v) is 6.33. The third-order valence-electron chi connectivity index (χ3n) is 6.33. The lowest BCUT2D eigenvalue weighted by Crippen LogP contribution is -2.37. The first-order valence-corrected chi connectivity index (χ1v) is 11.4. The zero-order chi connectivity index (χ0) is 23.1. The highest BCUT2D eigenvalue weighted by atomic mass is 16.5. The van der Waals surface area contributed by atoms with Crippen LogP contribution in [0.4, 0.5) is 0 Å². The van der Waals surface area contributed by atoms with Crippen LogP contribution in [0.2, 0.25) is 0 Å². The summed E-state index contributed by atoms with van der Waals surface area (Å²) in [5, 5.41) is 2.01. The molecule has 0 spiro atoms. The van der Waals surface area contributed by atoms with E-state index in [2.05, 4.69) is 29.9 Å². The second-order valence-electron chi connectivity index (χ2n) is 8.56. The van der Waals surface area contributed by atoms with Gasteiger partial charge in [0.25, 0.3) is 0 Å². The fourth-order valence-electron chi connectivity index (χ4n) is 4.17. The van der Waals surface area contributed by atoms with Crippen LogP contribution in [-0.2, 0) is 9.53 Å². The molecule has 2 aliphatic rings. The average Bonchev–Trinajstić information content (AvgIpc) is 2.81. The maximum atomic E-state index is 11.8. The van der Waals surface area contributed by atoms with Gasteiger partial charge in [0.1, 0.15) is 5.75 Å². The number of aliphatic imine (C=N–C) groups is 1. The molecule has 1 saturated heterocycles. The van der Waals surface area contributed by atoms with Crippen molar-refractivity contribution in [3.63, 3.8) is 0 Å². The Kier molecular flexibility index (Phi) is 8.39. The summed E-state index contributed by atoms with van der Waals surface area (Å²) >= 11 is 0. The molecule has 1 fully saturated rings. The van der Waals surface area contributed by atoms with E-state index in [0.717, 1.165) is 65.5 Å². The van der Waals surface area contributed by atoms with E-state index in [1.54, 1.807) is 27.3 Å². The first kappa shape index (κ1) is 23.9. The van der Waals surface area contributed by atoms with Crippen LogP contribution < -0.4 is 4.74 Å². The molecule has 32 heavy (non-hydrogen) atoms. The van der Waals surface area contributed by atoms with Gasteiger partial charge in [-0.25, -0.2) is 0 Å². The number of methoxy groups -OCH3 is 1. The molecule has 0 radical (unpaired) electrons. The number of hydrogen-bond donors (Lipinski definition) is 0. The number of amides is 1. The van der Waals surface area contributed by atoms with Crippen molar-refractivity contribution in [2.75, 3.05) is 40.5 Å². The number of carbonyl (C=O) groups excluding carboxylic acids is 1. The van der Waals surface area contributed by atoms with Crippen LogP contribution in [0.1, 0.15) is 45.6 Å². The molecule has 0 atom stereocenters. The largest absolute Gasteiger partial charge is 0.494 e. The Morgan fingerprint density at radius 2 is 1.97 bits per heavy atom. The summed E-state index contributed by atoms with van der Waals surface area (Å²) in [7, 11) is 3.45. The highest BCUT2D eigenvalue weighted by Gasteiger charge is 2.23. The quantitative estimate of drug-likeness (QED) is 0.655. The van der Waals surface area contributed by atoms with E-state index in [4.69, 9.17) is 9.47 Å². The van der Waals surface area contributed by atoms with Crippen LogP contribution in [0, 0.1) is 5.92 Å². The second-order valence-corrected chi connectivity index (χ2v) is 8.56. The Balaban J connectivity index is 0.000000352. The topological polar surface area (TPSA) is 64.0 Å². The standard InChI is InChI=1S/C20H23N3O2.C6H12O/c1-13-8-9-23(14(2)24)12-18(13)20(21-3)16-7-5-6-15-17(16)10-22-11-19(15)25-4;1-6-2-4-7-5-3-6/h5-7,10-11H,8-9,12H2,1-4H3;6H,2-5H2,1H3. The molecule has 0 N–H and O–H groups in total. The van der Waals surface area contributed by atoms with Crippen molar-refractivity contribution < 1.29 is 14.3 Å². The van der Waals surface area contributed by atoms with Gasteiger partial charge in [0, 0.05) is 62.8 Å². The fraction of sp³-hybridized carbons (Fsp3) is 0.500. The number of ether oxygens (including phenoxy) is 2. The minimum absolute atomic E-state index is 0.0988. The first-order valence-electron chi connectivity index (χ1n) is 11.4. The van der Waals surface area contributed by atoms with Crippen molar-refractivity contribution in [1.82, 2.24) is 9.88 Å². The van der Waals surface area contributed by atoms with E-state index in [-0.39, 0.29) is 5.91 Å². The van der Waals surface area contributed by atoms with Gasteiger partial charge in [-0.2, -0.15) is 0 Å². The van der Waals surface area contributed by atoms with Crippen LogP contribution in [-0.4, -0.2) is 62.0 Å². The Morgan fingerprint density at radius 3 is 2.56 bits per heavy atom. The van der Waals surface area contributed by atoms with Crippen molar-refractivity contribution in [2.45, 2.75) is 40.0 Å². The van der Waals surface area contributed by atoms with Gasteiger partial charge >= 0.3 is 0 Å². The molecule has 4 rings (SSSR count). The molecule has 0 aliphatic carbocycles. The summed E-state index contributed by atoms with van der Waals surface area (Å²) in [5.74, 6) is 1.75. The van der Waals surface area contributed by atoms with Gasteiger partial charge in [0.2, 0.25) is 5.91 Å². The van der Waals surface area contributed by atoms with E-state index in [1.165, 1.54) is 18.4 Å². The number of aromatic nitrogens is 1. The zero-order valence-corrected chi connectivity index (χ0v) is 20.0. The first-order chi connectivity index (χ1) is 15.5. The molecule has 1 aromatic heterocycles. The van der Waals surface area contributed by atoms with E-state index >= 15 is 0 Å². The lowest BCUT2D eigenvalue weighted by atomic mass is 9.91. The molecule has 2 aliphatic heterocycles. The molecule has 0 saturated carbocycles. The van der Waals surface area contributed by atoms with Gasteiger partial charge < -0.3 is 14.4 Å². The summed E-state index contributed by atoms with van der Waals surface area (Å²) < 4.78 is 10.6. The maximum absolute atomic E-state index is 11.8. The molecule has 6 nitrogen and oxygen atoms in total. The number of rotatable bonds is 3. The van der Waals surface area contributed by atoms with Gasteiger partial charge in [-0.05, 0) is 37.7 Å². The van der Waals surface area contributed by atoms with Crippen LogP contribution in [0.5, 0.6) is 5.75 Å². The van der Waals surface area contributed by atoms with Crippen molar-refractivity contribution in [3.8, 4) is 5.75 Å². The smallest absolute Gasteiger partial charge is 0.219 e. The molecule has 6 heteroatoms. The third kappa shape index (κ3) is 5.54. The van der Waals surface area contributed by atoms with Gasteiger partial charge in [-0.3, -0.25) is 14.8 Å². The monoisotopic (exact) mass is 437 g/mol. The Morgan fingerprint density at radius 1 is 1.22 bits per heavy atom. The van der Waals surface area contributed by atoms with Gasteiger partial charge in [-0.1, -0.05) is 30.7 Å². The highest BCUT2D eigenvalue weighted by molar-refractivity contribution is 6.20. The Labute approximate surface area is 191 Å². The average molecular weight is 438 g/mol. The van der Waals surface area contributed by atoms with Crippen LogP contribution in [0.15, 0.2) is 46.7 Å². The van der Waals surface area contributed by atoms with Crippen LogP contribution in [0.25, 0.3) is 10.8 Å². The van der Waals surface area contributed by atoms with E-state index < -0.39 is 0 Å². The summed E-state index contributed by atoms with van der Waals surface area (Å²) in [6, 6.07) is 6.09. The van der Waals surface area contributed by atoms with E-state index in [0.29, 0.717) is 6.54 Å². The number of fused-ring (bicyclic) bond motifs is 1. The zero-order valence-electron chi connectivity index (χ0n) is 20.0. The molecule has 0 unspecified atom stereocenters. The predicted octanol–water partition coefficient (Wildman–Crippen LogP) is 4.66.